The van der Waals surface area contributed by atoms with E-state index in [4.69, 9.17) is 15.3 Å². The molecule has 0 spiro atoms. The fourth-order valence-corrected chi connectivity index (χ4v) is 1.23. The summed E-state index contributed by atoms with van der Waals surface area (Å²) in [6, 6.07) is 0. The fourth-order valence-electron chi connectivity index (χ4n) is 0.684. The van der Waals surface area contributed by atoms with Crippen LogP contribution < -0.4 is 5.73 Å². The Morgan fingerprint density at radius 2 is 2.53 bits per heavy atom. The van der Waals surface area contributed by atoms with Gasteiger partial charge < -0.3 is 15.3 Å². The molecule has 1 aromatic rings. The normalized spacial score (nSPS) is 13.6. The second-order valence-corrected chi connectivity index (χ2v) is 3.41. The first-order valence-electron chi connectivity index (χ1n) is 4.03. The van der Waals surface area contributed by atoms with E-state index in [-0.39, 0.29) is 5.71 Å². The van der Waals surface area contributed by atoms with E-state index in [1.807, 2.05) is 0 Å². The lowest BCUT2D eigenvalue weighted by Gasteiger charge is -2.05. The van der Waals surface area contributed by atoms with Crippen LogP contribution in [0.3, 0.4) is 0 Å². The van der Waals surface area contributed by atoms with E-state index in [0.29, 0.717) is 10.8 Å². The number of thiazole rings is 1. The first-order valence-corrected chi connectivity index (χ1v) is 4.91. The van der Waals surface area contributed by atoms with Gasteiger partial charge >= 0.3 is 0 Å². The molecule has 7 heteroatoms. The van der Waals surface area contributed by atoms with E-state index in [2.05, 4.69) is 10.1 Å². The molecule has 15 heavy (non-hydrogen) atoms. The molecular weight excluding hydrogens is 218 g/mol. The molecule has 1 heterocycles. The molecule has 0 fully saturated rings. The molecule has 6 nitrogen and oxygen atoms in total. The maximum atomic E-state index is 10.6. The Hall–Kier alpha value is -1.47. The number of hydrogen-bond donors (Lipinski definition) is 1. The van der Waals surface area contributed by atoms with Gasteiger partial charge in [-0.25, -0.2) is 4.98 Å². The lowest BCUT2D eigenvalue weighted by atomic mass is 10.3. The van der Waals surface area contributed by atoms with E-state index >= 15 is 0 Å². The minimum Gasteiger partial charge on any atom is -0.375 e. The lowest BCUT2D eigenvalue weighted by molar-refractivity contribution is -0.109. The Balaban J connectivity index is 2.75. The molecule has 1 aromatic heterocycles. The van der Waals surface area contributed by atoms with Crippen molar-refractivity contribution in [1.82, 2.24) is 4.98 Å². The summed E-state index contributed by atoms with van der Waals surface area (Å²) in [5.41, 5.74) is 5.72. The summed E-state index contributed by atoms with van der Waals surface area (Å²) < 4.78 is 4.78. The van der Waals surface area contributed by atoms with Gasteiger partial charge in [-0.2, -0.15) is 0 Å². The van der Waals surface area contributed by atoms with Crippen molar-refractivity contribution in [1.29, 1.82) is 0 Å². The van der Waals surface area contributed by atoms with E-state index < -0.39 is 6.29 Å². The van der Waals surface area contributed by atoms with Gasteiger partial charge in [-0.1, -0.05) is 5.16 Å². The van der Waals surface area contributed by atoms with Gasteiger partial charge in [-0.3, -0.25) is 4.79 Å². The van der Waals surface area contributed by atoms with Crippen LogP contribution in [-0.4, -0.2) is 30.4 Å². The average molecular weight is 228 g/mol. The van der Waals surface area contributed by atoms with Crippen LogP contribution in [0.1, 0.15) is 12.6 Å². The molecule has 1 rings (SSSR count). The van der Waals surface area contributed by atoms with Gasteiger partial charge in [0.25, 0.3) is 6.29 Å². The summed E-state index contributed by atoms with van der Waals surface area (Å²) in [7, 11) is 1.46. The molecule has 0 saturated heterocycles. The largest absolute Gasteiger partial charge is 0.375 e. The molecule has 0 saturated carbocycles. The molecule has 2 N–H and O–H groups in total. The number of oxime groups is 1. The number of anilines is 1. The van der Waals surface area contributed by atoms with Crippen LogP contribution in [0.2, 0.25) is 0 Å². The number of hydrogen-bond acceptors (Lipinski definition) is 7. The Kier molecular flexibility index (Phi) is 4.19. The molecule has 0 bridgehead atoms. The number of methoxy groups -OCH3 is 1. The smallest absolute Gasteiger partial charge is 0.259 e. The van der Waals surface area contributed by atoms with Crippen LogP contribution in [0, 0.1) is 0 Å². The Bertz CT molecular complexity index is 364. The van der Waals surface area contributed by atoms with Gasteiger partial charge in [0.2, 0.25) is 6.29 Å². The predicted octanol–water partition coefficient (Wildman–Crippen LogP) is 0.548. The van der Waals surface area contributed by atoms with Crippen molar-refractivity contribution in [2.75, 3.05) is 12.8 Å². The summed E-state index contributed by atoms with van der Waals surface area (Å²) in [4.78, 5) is 19.3. The van der Waals surface area contributed by atoms with Crippen molar-refractivity contribution in [3.8, 4) is 0 Å². The molecule has 1 unspecified atom stereocenters. The Labute approximate surface area is 90.7 Å². The lowest BCUT2D eigenvalue weighted by Crippen LogP contribution is -2.10. The van der Waals surface area contributed by atoms with Crippen molar-refractivity contribution in [2.45, 2.75) is 13.2 Å². The third-order valence-corrected chi connectivity index (χ3v) is 2.16. The number of aromatic nitrogens is 1. The van der Waals surface area contributed by atoms with Gasteiger partial charge in [0, 0.05) is 19.4 Å². The van der Waals surface area contributed by atoms with Gasteiger partial charge in [0.05, 0.1) is 0 Å². The fraction of sp³-hybridized carbons (Fsp3) is 0.375. The second kappa shape index (κ2) is 5.42. The molecule has 81 valence electrons. The van der Waals surface area contributed by atoms with Crippen molar-refractivity contribution in [2.24, 2.45) is 5.16 Å². The third kappa shape index (κ3) is 3.30. The van der Waals surface area contributed by atoms with E-state index in [9.17, 15) is 4.79 Å². The van der Waals surface area contributed by atoms with Gasteiger partial charge in [-0.15, -0.1) is 11.3 Å². The summed E-state index contributed by atoms with van der Waals surface area (Å²) in [5.74, 6) is 0. The molecule has 0 aliphatic rings. The monoisotopic (exact) mass is 228 g/mol. The Morgan fingerprint density at radius 1 is 1.80 bits per heavy atom. The molecular formula is C8H10N3O3S. The van der Waals surface area contributed by atoms with Gasteiger partial charge in [0.1, 0.15) is 5.69 Å². The Morgan fingerprint density at radius 3 is 3.00 bits per heavy atom. The molecule has 0 aromatic carbocycles. The van der Waals surface area contributed by atoms with Gasteiger partial charge in [0.15, 0.2) is 10.8 Å². The molecule has 0 aliphatic carbocycles. The zero-order chi connectivity index (χ0) is 11.3. The minimum absolute atomic E-state index is 0.0353. The number of nitrogens with two attached hydrogens (primary N) is 1. The zero-order valence-electron chi connectivity index (χ0n) is 8.26. The number of nitrogens with zero attached hydrogens (tertiary/aromatic N) is 2. The predicted molar refractivity (Wildman–Crippen MR) is 56.3 cm³/mol. The number of nitrogen functional groups attached to an aromatic ring is 1. The quantitative estimate of drug-likeness (QED) is 0.451. The molecule has 1 atom stereocenters. The first kappa shape index (κ1) is 11.6. The maximum absolute atomic E-state index is 10.6. The van der Waals surface area contributed by atoms with Crippen LogP contribution in [0.25, 0.3) is 0 Å². The minimum atomic E-state index is -0.538. The summed E-state index contributed by atoms with van der Waals surface area (Å²) >= 11 is 1.21. The number of carbonyl (C=O) groups excluding carboxylic acids is 1. The van der Waals surface area contributed by atoms with E-state index in [0.717, 1.165) is 0 Å². The number of rotatable bonds is 5. The first-order chi connectivity index (χ1) is 7.17. The van der Waals surface area contributed by atoms with E-state index in [1.165, 1.54) is 18.4 Å². The molecule has 1 radical (unpaired) electrons. The highest BCUT2D eigenvalue weighted by Gasteiger charge is 2.09. The summed E-state index contributed by atoms with van der Waals surface area (Å²) in [6.07, 6.45) is 1.08. The zero-order valence-corrected chi connectivity index (χ0v) is 9.08. The molecule has 0 aliphatic heterocycles. The SMILES string of the molecule is COC(C)O/N=C(\[C]=O)c1csc(N)n1. The van der Waals surface area contributed by atoms with Crippen LogP contribution in [0.15, 0.2) is 10.5 Å². The summed E-state index contributed by atoms with van der Waals surface area (Å²) in [5, 5.41) is 5.50. The number of ether oxygens (including phenoxy) is 1. The highest BCUT2D eigenvalue weighted by molar-refractivity contribution is 7.13. The van der Waals surface area contributed by atoms with E-state index in [1.54, 1.807) is 18.6 Å². The van der Waals surface area contributed by atoms with Crippen LogP contribution >= 0.6 is 11.3 Å². The topological polar surface area (TPSA) is 86.8 Å². The average Bonchev–Trinajstić information content (AvgIpc) is 2.65. The third-order valence-electron chi connectivity index (χ3n) is 1.49. The van der Waals surface area contributed by atoms with Crippen molar-refractivity contribution >= 4 is 28.5 Å². The van der Waals surface area contributed by atoms with Crippen molar-refractivity contribution in [3.05, 3.63) is 11.1 Å². The van der Waals surface area contributed by atoms with Crippen LogP contribution in [0.5, 0.6) is 0 Å². The maximum Gasteiger partial charge on any atom is 0.259 e. The summed E-state index contributed by atoms with van der Waals surface area (Å²) in [6.45, 7) is 1.64. The van der Waals surface area contributed by atoms with Crippen molar-refractivity contribution in [3.63, 3.8) is 0 Å². The van der Waals surface area contributed by atoms with Crippen LogP contribution in [0.4, 0.5) is 5.13 Å². The highest BCUT2D eigenvalue weighted by Crippen LogP contribution is 2.11. The van der Waals surface area contributed by atoms with Crippen molar-refractivity contribution < 1.29 is 14.4 Å². The van der Waals surface area contributed by atoms with Crippen LogP contribution in [-0.2, 0) is 14.4 Å². The van der Waals surface area contributed by atoms with Gasteiger partial charge in [-0.05, 0) is 0 Å². The highest BCUT2D eigenvalue weighted by atomic mass is 32.1. The standard InChI is InChI=1S/C8H10N3O3S/c1-5(13-2)14-11-6(3-12)7-4-15-8(9)10-7/h4-5H,1-2H3,(H2,9,10)/b11-6+. The molecule has 0 amide bonds. The second-order valence-electron chi connectivity index (χ2n) is 2.52.